The molecule has 0 amide bonds. The smallest absolute Gasteiger partial charge is 0.311 e. The van der Waals surface area contributed by atoms with Crippen LogP contribution in [0.1, 0.15) is 12.8 Å². The molecule has 0 aliphatic heterocycles. The third kappa shape index (κ3) is 0.501. The zero-order valence-corrected chi connectivity index (χ0v) is 7.43. The Morgan fingerprint density at radius 2 is 1.50 bits per heavy atom. The second-order valence-electron chi connectivity index (χ2n) is 4.56. The van der Waals surface area contributed by atoms with E-state index in [0.717, 1.165) is 0 Å². The molecule has 0 saturated heterocycles. The predicted molar refractivity (Wildman–Crippen MR) is 45.5 cm³/mol. The fraction of sp³-hybridized carbons (Fsp3) is 0.600. The molecule has 74 valence electrons. The fourth-order valence-corrected chi connectivity index (χ4v) is 3.60. The number of hydrogen-bond acceptors (Lipinski definition) is 2. The van der Waals surface area contributed by atoms with Crippen molar-refractivity contribution in [3.05, 3.63) is 12.2 Å². The lowest BCUT2D eigenvalue weighted by molar-refractivity contribution is -0.154. The molecule has 0 spiro atoms. The van der Waals surface area contributed by atoms with Crippen LogP contribution in [0.15, 0.2) is 12.2 Å². The van der Waals surface area contributed by atoms with E-state index in [2.05, 4.69) is 0 Å². The molecule has 0 unspecified atom stereocenters. The monoisotopic (exact) mass is 194 g/mol. The molecule has 0 radical (unpaired) electrons. The minimum Gasteiger partial charge on any atom is -0.481 e. The van der Waals surface area contributed by atoms with Crippen LogP contribution in [0.5, 0.6) is 0 Å². The highest BCUT2D eigenvalue weighted by Gasteiger charge is 2.86. The van der Waals surface area contributed by atoms with Gasteiger partial charge in [-0.1, -0.05) is 12.2 Å². The quantitative estimate of drug-likeness (QED) is 0.636. The summed E-state index contributed by atoms with van der Waals surface area (Å²) < 4.78 is 0. The number of rotatable bonds is 2. The Hall–Kier alpha value is -1.32. The molecule has 2 saturated carbocycles. The summed E-state index contributed by atoms with van der Waals surface area (Å²) in [6.07, 6.45) is 4.78. The lowest BCUT2D eigenvalue weighted by Crippen LogP contribution is -2.32. The van der Waals surface area contributed by atoms with Crippen LogP contribution in [0.2, 0.25) is 0 Å². The van der Waals surface area contributed by atoms with Crippen molar-refractivity contribution in [2.75, 3.05) is 0 Å². The third-order valence-electron chi connectivity index (χ3n) is 4.34. The van der Waals surface area contributed by atoms with Crippen LogP contribution in [-0.2, 0) is 9.59 Å². The Kier molecular flexibility index (Phi) is 1.07. The zero-order valence-electron chi connectivity index (χ0n) is 7.43. The first kappa shape index (κ1) is 8.03. The summed E-state index contributed by atoms with van der Waals surface area (Å²) in [6, 6.07) is 0. The average molecular weight is 194 g/mol. The van der Waals surface area contributed by atoms with Gasteiger partial charge in [0.05, 0.1) is 10.8 Å². The van der Waals surface area contributed by atoms with Gasteiger partial charge in [0.2, 0.25) is 0 Å². The number of fused-ring (bicyclic) bond motifs is 5. The largest absolute Gasteiger partial charge is 0.481 e. The molecule has 2 bridgehead atoms. The van der Waals surface area contributed by atoms with Gasteiger partial charge in [-0.25, -0.2) is 0 Å². The molecule has 2 N–H and O–H groups in total. The number of allylic oxidation sites excluding steroid dienone is 2. The molecule has 3 aliphatic carbocycles. The van der Waals surface area contributed by atoms with E-state index in [4.69, 9.17) is 10.2 Å². The Morgan fingerprint density at radius 3 is 1.86 bits per heavy atom. The first-order valence-electron chi connectivity index (χ1n) is 4.71. The summed E-state index contributed by atoms with van der Waals surface area (Å²) >= 11 is 0. The molecular weight excluding hydrogens is 184 g/mol. The topological polar surface area (TPSA) is 74.6 Å². The van der Waals surface area contributed by atoms with Crippen molar-refractivity contribution in [1.29, 1.82) is 0 Å². The summed E-state index contributed by atoms with van der Waals surface area (Å²) in [5.74, 6) is -1.98. The van der Waals surface area contributed by atoms with Crippen molar-refractivity contribution in [1.82, 2.24) is 0 Å². The predicted octanol–water partition coefficient (Wildman–Crippen LogP) is 0.738. The second-order valence-corrected chi connectivity index (χ2v) is 4.56. The van der Waals surface area contributed by atoms with E-state index in [1.54, 1.807) is 0 Å². The molecule has 0 aromatic carbocycles. The number of aliphatic carboxylic acids is 2. The van der Waals surface area contributed by atoms with Crippen LogP contribution in [0.3, 0.4) is 0 Å². The van der Waals surface area contributed by atoms with Crippen molar-refractivity contribution in [3.63, 3.8) is 0 Å². The van der Waals surface area contributed by atoms with E-state index in [1.165, 1.54) is 0 Å². The molecule has 4 heteroatoms. The summed E-state index contributed by atoms with van der Waals surface area (Å²) in [6.45, 7) is 0. The van der Waals surface area contributed by atoms with Crippen molar-refractivity contribution in [3.8, 4) is 0 Å². The van der Waals surface area contributed by atoms with Crippen LogP contribution in [0, 0.1) is 22.7 Å². The summed E-state index contributed by atoms with van der Waals surface area (Å²) in [7, 11) is 0. The van der Waals surface area contributed by atoms with Gasteiger partial charge < -0.3 is 10.2 Å². The maximum absolute atomic E-state index is 11.2. The van der Waals surface area contributed by atoms with Gasteiger partial charge in [0.15, 0.2) is 0 Å². The van der Waals surface area contributed by atoms with Gasteiger partial charge in [0, 0.05) is 0 Å². The molecule has 14 heavy (non-hydrogen) atoms. The van der Waals surface area contributed by atoms with E-state index >= 15 is 0 Å². The van der Waals surface area contributed by atoms with Gasteiger partial charge in [0.1, 0.15) is 0 Å². The van der Waals surface area contributed by atoms with Crippen molar-refractivity contribution in [2.24, 2.45) is 22.7 Å². The van der Waals surface area contributed by atoms with Crippen LogP contribution < -0.4 is 0 Å². The first-order chi connectivity index (χ1) is 6.55. The SMILES string of the molecule is O=C(O)[C@]12C[C@@]1(C(=O)O)[C@@H]1C=C[C@H]2C1. The Bertz CT molecular complexity index is 352. The second kappa shape index (κ2) is 1.87. The Labute approximate surface area is 80.2 Å². The molecule has 0 heterocycles. The van der Waals surface area contributed by atoms with Crippen LogP contribution in [-0.4, -0.2) is 22.2 Å². The van der Waals surface area contributed by atoms with Gasteiger partial charge in [0.25, 0.3) is 0 Å². The van der Waals surface area contributed by atoms with Gasteiger partial charge in [-0.2, -0.15) is 0 Å². The lowest BCUT2D eigenvalue weighted by atomic mass is 9.83. The van der Waals surface area contributed by atoms with Crippen molar-refractivity contribution >= 4 is 11.9 Å². The Balaban J connectivity index is 2.15. The van der Waals surface area contributed by atoms with Gasteiger partial charge in [-0.3, -0.25) is 9.59 Å². The van der Waals surface area contributed by atoms with E-state index in [0.29, 0.717) is 12.8 Å². The number of carboxylic acids is 2. The molecule has 3 rings (SSSR count). The number of hydrogen-bond donors (Lipinski definition) is 2. The van der Waals surface area contributed by atoms with Crippen molar-refractivity contribution < 1.29 is 19.8 Å². The zero-order chi connectivity index (χ0) is 10.1. The number of carbonyl (C=O) groups is 2. The molecule has 4 atom stereocenters. The molecule has 2 fully saturated rings. The highest BCUT2D eigenvalue weighted by molar-refractivity contribution is 5.95. The maximum Gasteiger partial charge on any atom is 0.311 e. The molecule has 4 nitrogen and oxygen atoms in total. The highest BCUT2D eigenvalue weighted by atomic mass is 16.4. The van der Waals surface area contributed by atoms with Gasteiger partial charge in [-0.05, 0) is 24.7 Å². The average Bonchev–Trinajstić information content (AvgIpc) is 2.56. The van der Waals surface area contributed by atoms with Gasteiger partial charge >= 0.3 is 11.9 Å². The summed E-state index contributed by atoms with van der Waals surface area (Å²) in [4.78, 5) is 22.3. The molecule has 0 aromatic heterocycles. The normalized spacial score (nSPS) is 51.7. The lowest BCUT2D eigenvalue weighted by Gasteiger charge is -2.19. The van der Waals surface area contributed by atoms with E-state index in [9.17, 15) is 9.59 Å². The van der Waals surface area contributed by atoms with E-state index in [1.807, 2.05) is 12.2 Å². The van der Waals surface area contributed by atoms with Crippen molar-refractivity contribution in [2.45, 2.75) is 12.8 Å². The number of carboxylic acid groups (broad SMARTS) is 2. The molecular formula is C10H10O4. The van der Waals surface area contributed by atoms with Crippen LogP contribution in [0.25, 0.3) is 0 Å². The third-order valence-corrected chi connectivity index (χ3v) is 4.34. The minimum absolute atomic E-state index is 0.0545. The Morgan fingerprint density at radius 1 is 1.07 bits per heavy atom. The van der Waals surface area contributed by atoms with Gasteiger partial charge in [-0.15, -0.1) is 0 Å². The minimum atomic E-state index is -0.974. The van der Waals surface area contributed by atoms with E-state index < -0.39 is 22.8 Å². The standard InChI is InChI=1S/C10H10O4/c11-7(12)9-4-10(9,8(13)14)6-2-1-5(9)3-6/h1-2,5-6H,3-4H2,(H,11,12)(H,13,14)/t5-,6+,9+,10-. The fourth-order valence-electron chi connectivity index (χ4n) is 3.60. The summed E-state index contributed by atoms with van der Waals surface area (Å²) in [5.41, 5.74) is -1.95. The molecule has 3 aliphatic rings. The summed E-state index contributed by atoms with van der Waals surface area (Å²) in [5, 5.41) is 18.3. The first-order valence-corrected chi connectivity index (χ1v) is 4.71. The van der Waals surface area contributed by atoms with Crippen LogP contribution in [0.4, 0.5) is 0 Å². The highest BCUT2D eigenvalue weighted by Crippen LogP contribution is 2.80. The maximum atomic E-state index is 11.2. The molecule has 0 aromatic rings. The van der Waals surface area contributed by atoms with Crippen LogP contribution >= 0.6 is 0 Å². The van der Waals surface area contributed by atoms with E-state index in [-0.39, 0.29) is 11.8 Å².